The third kappa shape index (κ3) is 6.80. The van der Waals surface area contributed by atoms with Crippen molar-refractivity contribution in [2.75, 3.05) is 26.0 Å². The van der Waals surface area contributed by atoms with Gasteiger partial charge in [-0.05, 0) is 24.1 Å². The van der Waals surface area contributed by atoms with Gasteiger partial charge in [-0.2, -0.15) is 0 Å². The normalized spacial score (nSPS) is 11.2. The van der Waals surface area contributed by atoms with E-state index in [0.717, 1.165) is 32.8 Å². The fraction of sp³-hybridized carbons (Fsp3) is 0.304. The van der Waals surface area contributed by atoms with Crippen molar-refractivity contribution < 1.29 is 9.53 Å². The molecule has 2 aromatic heterocycles. The number of nitrogens with zero attached hydrogens (tertiary/aromatic N) is 4. The second kappa shape index (κ2) is 12.2. The highest BCUT2D eigenvalue weighted by atomic mass is 32.2. The topological polar surface area (TPSA) is 81.9 Å². The lowest BCUT2D eigenvalue weighted by molar-refractivity contribution is -0.118. The number of hydrogen-bond acceptors (Lipinski definition) is 8. The number of carbonyl (C=O) groups is 1. The maximum atomic E-state index is 12.2. The van der Waals surface area contributed by atoms with Gasteiger partial charge in [0.1, 0.15) is 5.82 Å². The monoisotopic (exact) mass is 499 g/mol. The van der Waals surface area contributed by atoms with Crippen molar-refractivity contribution in [2.45, 2.75) is 28.2 Å². The first-order chi connectivity index (χ1) is 16.2. The molecular formula is C23H25N5O2S3. The Morgan fingerprint density at radius 1 is 1.09 bits per heavy atom. The van der Waals surface area contributed by atoms with Crippen LogP contribution < -0.4 is 5.32 Å². The van der Waals surface area contributed by atoms with Crippen molar-refractivity contribution in [3.8, 4) is 0 Å². The third-order valence-corrected chi connectivity index (χ3v) is 7.90. The molecule has 0 saturated heterocycles. The van der Waals surface area contributed by atoms with Crippen molar-refractivity contribution in [1.29, 1.82) is 0 Å². The first-order valence-electron chi connectivity index (χ1n) is 10.6. The van der Waals surface area contributed by atoms with Gasteiger partial charge in [-0.25, -0.2) is 4.98 Å². The zero-order chi connectivity index (χ0) is 22.9. The van der Waals surface area contributed by atoms with E-state index in [4.69, 9.17) is 9.72 Å². The van der Waals surface area contributed by atoms with E-state index in [1.807, 2.05) is 36.4 Å². The van der Waals surface area contributed by atoms with Gasteiger partial charge in [-0.3, -0.25) is 4.79 Å². The van der Waals surface area contributed by atoms with Crippen LogP contribution in [0.5, 0.6) is 0 Å². The molecule has 7 nitrogen and oxygen atoms in total. The number of para-hydroxylation sites is 1. The number of thioether (sulfide) groups is 2. The Kier molecular flexibility index (Phi) is 8.76. The van der Waals surface area contributed by atoms with E-state index in [0.29, 0.717) is 31.2 Å². The summed E-state index contributed by atoms with van der Waals surface area (Å²) >= 11 is 4.76. The van der Waals surface area contributed by atoms with Gasteiger partial charge in [0.05, 0.1) is 28.3 Å². The molecule has 0 aliphatic carbocycles. The smallest absolute Gasteiger partial charge is 0.230 e. The molecule has 0 spiro atoms. The molecule has 0 saturated carbocycles. The lowest BCUT2D eigenvalue weighted by Gasteiger charge is -2.10. The van der Waals surface area contributed by atoms with Crippen LogP contribution in [0, 0.1) is 0 Å². The summed E-state index contributed by atoms with van der Waals surface area (Å²) in [5, 5.41) is 12.5. The van der Waals surface area contributed by atoms with E-state index in [-0.39, 0.29) is 5.91 Å². The predicted molar refractivity (Wildman–Crippen MR) is 135 cm³/mol. The quantitative estimate of drug-likeness (QED) is 0.227. The van der Waals surface area contributed by atoms with E-state index in [9.17, 15) is 4.79 Å². The highest BCUT2D eigenvalue weighted by Crippen LogP contribution is 2.31. The van der Waals surface area contributed by atoms with Crippen LogP contribution in [-0.2, 0) is 21.8 Å². The Bertz CT molecular complexity index is 1150. The molecule has 0 unspecified atom stereocenters. The summed E-state index contributed by atoms with van der Waals surface area (Å²) in [6.45, 7) is 1.89. The lowest BCUT2D eigenvalue weighted by atomic mass is 10.2. The minimum Gasteiger partial charge on any atom is -0.385 e. The van der Waals surface area contributed by atoms with Gasteiger partial charge in [0.15, 0.2) is 9.50 Å². The van der Waals surface area contributed by atoms with Crippen molar-refractivity contribution in [3.05, 3.63) is 66.0 Å². The average molecular weight is 500 g/mol. The Morgan fingerprint density at radius 2 is 1.91 bits per heavy atom. The van der Waals surface area contributed by atoms with Crippen molar-refractivity contribution in [1.82, 2.24) is 25.1 Å². The van der Waals surface area contributed by atoms with Gasteiger partial charge in [0.2, 0.25) is 5.91 Å². The molecule has 2 aromatic carbocycles. The summed E-state index contributed by atoms with van der Waals surface area (Å²) in [5.41, 5.74) is 2.18. The standard InChI is InChI=1S/C23H25N5O2S3/c1-30-13-7-12-24-21(29)16-31-22-27-26-20(28(22)14-17-8-3-2-4-9-17)15-32-23-25-18-10-5-6-11-19(18)33-23/h2-6,8-11H,7,12-16H2,1H3,(H,24,29). The van der Waals surface area contributed by atoms with Gasteiger partial charge >= 0.3 is 0 Å². The van der Waals surface area contributed by atoms with Crippen LogP contribution in [-0.4, -0.2) is 51.7 Å². The van der Waals surface area contributed by atoms with Crippen molar-refractivity contribution in [2.24, 2.45) is 0 Å². The predicted octanol–water partition coefficient (Wildman–Crippen LogP) is 4.47. The molecule has 4 rings (SSSR count). The van der Waals surface area contributed by atoms with E-state index in [1.165, 1.54) is 16.5 Å². The molecule has 2 heterocycles. The summed E-state index contributed by atoms with van der Waals surface area (Å²) < 4.78 is 9.30. The number of rotatable bonds is 12. The largest absolute Gasteiger partial charge is 0.385 e. The van der Waals surface area contributed by atoms with Crippen LogP contribution in [0.3, 0.4) is 0 Å². The molecule has 33 heavy (non-hydrogen) atoms. The summed E-state index contributed by atoms with van der Waals surface area (Å²) in [7, 11) is 1.66. The summed E-state index contributed by atoms with van der Waals surface area (Å²) in [4.78, 5) is 16.9. The molecule has 0 bridgehead atoms. The molecule has 0 aliphatic rings. The number of aromatic nitrogens is 4. The highest BCUT2D eigenvalue weighted by molar-refractivity contribution is 8.00. The lowest BCUT2D eigenvalue weighted by Crippen LogP contribution is -2.27. The SMILES string of the molecule is COCCCNC(=O)CSc1nnc(CSc2nc3ccccc3s2)n1Cc1ccccc1. The molecular weight excluding hydrogens is 474 g/mol. The number of ether oxygens (including phenoxy) is 1. The number of fused-ring (bicyclic) bond motifs is 1. The van der Waals surface area contributed by atoms with E-state index >= 15 is 0 Å². The summed E-state index contributed by atoms with van der Waals surface area (Å²) in [6.07, 6.45) is 0.796. The molecule has 0 aliphatic heterocycles. The van der Waals surface area contributed by atoms with Gasteiger partial charge in [-0.15, -0.1) is 21.5 Å². The van der Waals surface area contributed by atoms with Crippen LogP contribution in [0.4, 0.5) is 0 Å². The zero-order valence-corrected chi connectivity index (χ0v) is 20.7. The Balaban J connectivity index is 1.44. The van der Waals surface area contributed by atoms with E-state index in [1.54, 1.807) is 30.2 Å². The molecule has 1 N–H and O–H groups in total. The fourth-order valence-corrected chi connectivity index (χ4v) is 5.92. The Hall–Kier alpha value is -2.40. The highest BCUT2D eigenvalue weighted by Gasteiger charge is 2.16. The number of amides is 1. The molecule has 1 amide bonds. The van der Waals surface area contributed by atoms with Crippen LogP contribution in [0.2, 0.25) is 0 Å². The zero-order valence-electron chi connectivity index (χ0n) is 18.3. The molecule has 0 fully saturated rings. The number of hydrogen-bond donors (Lipinski definition) is 1. The number of benzene rings is 2. The third-order valence-electron chi connectivity index (χ3n) is 4.76. The van der Waals surface area contributed by atoms with E-state index < -0.39 is 0 Å². The molecule has 0 radical (unpaired) electrons. The maximum Gasteiger partial charge on any atom is 0.230 e. The van der Waals surface area contributed by atoms with Crippen LogP contribution >= 0.6 is 34.9 Å². The minimum atomic E-state index is -0.0178. The van der Waals surface area contributed by atoms with Crippen LogP contribution in [0.15, 0.2) is 64.1 Å². The average Bonchev–Trinajstić information content (AvgIpc) is 3.43. The van der Waals surface area contributed by atoms with Gasteiger partial charge < -0.3 is 14.6 Å². The Morgan fingerprint density at radius 3 is 2.73 bits per heavy atom. The van der Waals surface area contributed by atoms with Gasteiger partial charge in [-0.1, -0.05) is 66.0 Å². The minimum absolute atomic E-state index is 0.0178. The van der Waals surface area contributed by atoms with Crippen LogP contribution in [0.1, 0.15) is 17.8 Å². The number of carbonyl (C=O) groups excluding carboxylic acids is 1. The fourth-order valence-electron chi connectivity index (χ4n) is 3.12. The number of nitrogens with one attached hydrogen (secondary N) is 1. The Labute approximate surface area is 205 Å². The van der Waals surface area contributed by atoms with Gasteiger partial charge in [0.25, 0.3) is 0 Å². The number of methoxy groups -OCH3 is 1. The second-order valence-electron chi connectivity index (χ2n) is 7.19. The molecule has 10 heteroatoms. The van der Waals surface area contributed by atoms with Crippen LogP contribution in [0.25, 0.3) is 10.2 Å². The first-order valence-corrected chi connectivity index (χ1v) is 13.3. The molecule has 4 aromatic rings. The summed E-state index contributed by atoms with van der Waals surface area (Å²) in [5.74, 6) is 1.80. The van der Waals surface area contributed by atoms with E-state index in [2.05, 4.69) is 38.3 Å². The number of thiazole rings is 1. The molecule has 0 atom stereocenters. The van der Waals surface area contributed by atoms with Gasteiger partial charge in [0, 0.05) is 20.3 Å². The second-order valence-corrected chi connectivity index (χ2v) is 10.4. The maximum absolute atomic E-state index is 12.2. The molecule has 172 valence electrons. The van der Waals surface area contributed by atoms with Crippen molar-refractivity contribution >= 4 is 51.0 Å². The summed E-state index contributed by atoms with van der Waals surface area (Å²) in [6, 6.07) is 18.4. The van der Waals surface area contributed by atoms with Crippen molar-refractivity contribution in [3.63, 3.8) is 0 Å². The first kappa shape index (κ1) is 23.7.